The zero-order valence-corrected chi connectivity index (χ0v) is 14.0. The number of nitrogens with one attached hydrogen (secondary N) is 1. The Morgan fingerprint density at radius 2 is 1.71 bits per heavy atom. The van der Waals surface area contributed by atoms with Gasteiger partial charge in [-0.2, -0.15) is 0 Å². The molecule has 24 heavy (non-hydrogen) atoms. The Morgan fingerprint density at radius 3 is 2.54 bits per heavy atom. The van der Waals surface area contributed by atoms with Crippen molar-refractivity contribution >= 4 is 11.9 Å². The summed E-state index contributed by atoms with van der Waals surface area (Å²) in [5.74, 6) is 0.558. The van der Waals surface area contributed by atoms with Crippen LogP contribution in [0.1, 0.15) is 42.9 Å². The normalized spacial score (nSPS) is 23.6. The van der Waals surface area contributed by atoms with Crippen molar-refractivity contribution < 1.29 is 9.59 Å². The van der Waals surface area contributed by atoms with Crippen molar-refractivity contribution in [3.8, 4) is 0 Å². The highest BCUT2D eigenvalue weighted by molar-refractivity contribution is 5.81. The van der Waals surface area contributed by atoms with Crippen molar-refractivity contribution in [2.24, 2.45) is 5.92 Å². The van der Waals surface area contributed by atoms with Gasteiger partial charge < -0.3 is 15.1 Å². The third kappa shape index (κ3) is 3.12. The van der Waals surface area contributed by atoms with Crippen LogP contribution in [-0.4, -0.2) is 47.9 Å². The SMILES string of the molecule is O=C(N[C@@H]1CCc2ccccc21)N1CCCN(C(=O)C2CC2)CC1. The Kier molecular flexibility index (Phi) is 4.17. The first-order valence-corrected chi connectivity index (χ1v) is 9.14. The molecule has 1 atom stereocenters. The molecule has 128 valence electrons. The lowest BCUT2D eigenvalue weighted by Crippen LogP contribution is -2.43. The monoisotopic (exact) mass is 327 g/mol. The van der Waals surface area contributed by atoms with Crippen molar-refractivity contribution in [1.82, 2.24) is 15.1 Å². The molecule has 0 unspecified atom stereocenters. The molecule has 1 aromatic carbocycles. The predicted molar refractivity (Wildman–Crippen MR) is 91.5 cm³/mol. The third-order valence-electron chi connectivity index (χ3n) is 5.45. The largest absolute Gasteiger partial charge is 0.341 e. The Balaban J connectivity index is 1.34. The summed E-state index contributed by atoms with van der Waals surface area (Å²) in [4.78, 5) is 28.7. The Hall–Kier alpha value is -2.04. The molecule has 1 aliphatic heterocycles. The maximum Gasteiger partial charge on any atom is 0.317 e. The fourth-order valence-electron chi connectivity index (χ4n) is 3.88. The van der Waals surface area contributed by atoms with Gasteiger partial charge >= 0.3 is 6.03 Å². The summed E-state index contributed by atoms with van der Waals surface area (Å²) in [6.07, 6.45) is 4.96. The van der Waals surface area contributed by atoms with Crippen molar-refractivity contribution in [2.45, 2.75) is 38.1 Å². The van der Waals surface area contributed by atoms with E-state index in [1.807, 2.05) is 15.9 Å². The Labute approximate surface area is 143 Å². The van der Waals surface area contributed by atoms with Crippen LogP contribution >= 0.6 is 0 Å². The summed E-state index contributed by atoms with van der Waals surface area (Å²) in [5.41, 5.74) is 2.60. The molecule has 4 rings (SSSR count). The fraction of sp³-hybridized carbons (Fsp3) is 0.579. The van der Waals surface area contributed by atoms with Gasteiger partial charge in [0.15, 0.2) is 0 Å². The number of benzene rings is 1. The van der Waals surface area contributed by atoms with Crippen molar-refractivity contribution in [2.75, 3.05) is 26.2 Å². The second-order valence-electron chi connectivity index (χ2n) is 7.18. The number of hydrogen-bond acceptors (Lipinski definition) is 2. The van der Waals surface area contributed by atoms with Crippen LogP contribution in [0.4, 0.5) is 4.79 Å². The number of fused-ring (bicyclic) bond motifs is 1. The summed E-state index contributed by atoms with van der Waals surface area (Å²) >= 11 is 0. The number of hydrogen-bond donors (Lipinski definition) is 1. The second kappa shape index (κ2) is 6.46. The summed E-state index contributed by atoms with van der Waals surface area (Å²) < 4.78 is 0. The van der Waals surface area contributed by atoms with Crippen LogP contribution in [0.25, 0.3) is 0 Å². The Morgan fingerprint density at radius 1 is 0.958 bits per heavy atom. The lowest BCUT2D eigenvalue weighted by molar-refractivity contribution is -0.132. The molecule has 0 spiro atoms. The first-order valence-electron chi connectivity index (χ1n) is 9.14. The van der Waals surface area contributed by atoms with E-state index in [1.54, 1.807) is 0 Å². The molecule has 5 nitrogen and oxygen atoms in total. The molecule has 2 fully saturated rings. The van der Waals surface area contributed by atoms with Gasteiger partial charge in [0.05, 0.1) is 6.04 Å². The minimum Gasteiger partial charge on any atom is -0.341 e. The average molecular weight is 327 g/mol. The molecule has 2 aliphatic carbocycles. The highest BCUT2D eigenvalue weighted by atomic mass is 16.2. The minimum absolute atomic E-state index is 0.0115. The minimum atomic E-state index is 0.0115. The van der Waals surface area contributed by atoms with E-state index in [-0.39, 0.29) is 18.0 Å². The van der Waals surface area contributed by atoms with Gasteiger partial charge in [-0.1, -0.05) is 24.3 Å². The summed E-state index contributed by atoms with van der Waals surface area (Å²) in [6, 6.07) is 8.50. The molecule has 0 bridgehead atoms. The molecule has 0 aromatic heterocycles. The molecular formula is C19H25N3O2. The smallest absolute Gasteiger partial charge is 0.317 e. The average Bonchev–Trinajstić information content (AvgIpc) is 3.40. The Bertz CT molecular complexity index is 641. The molecule has 1 N–H and O–H groups in total. The zero-order valence-electron chi connectivity index (χ0n) is 14.0. The van der Waals surface area contributed by atoms with Gasteiger partial charge in [0.25, 0.3) is 0 Å². The molecule has 0 radical (unpaired) electrons. The quantitative estimate of drug-likeness (QED) is 0.906. The molecule has 3 amide bonds. The molecule has 5 heteroatoms. The van der Waals surface area contributed by atoms with Gasteiger partial charge in [-0.3, -0.25) is 4.79 Å². The molecule has 1 saturated carbocycles. The van der Waals surface area contributed by atoms with Crippen molar-refractivity contribution in [3.05, 3.63) is 35.4 Å². The maximum absolute atomic E-state index is 12.7. The summed E-state index contributed by atoms with van der Waals surface area (Å²) in [6.45, 7) is 2.82. The summed E-state index contributed by atoms with van der Waals surface area (Å²) in [5, 5.41) is 3.20. The lowest BCUT2D eigenvalue weighted by atomic mass is 10.1. The highest BCUT2D eigenvalue weighted by Gasteiger charge is 2.34. The van der Waals surface area contributed by atoms with Crippen LogP contribution in [-0.2, 0) is 11.2 Å². The molecule has 1 saturated heterocycles. The van der Waals surface area contributed by atoms with Crippen LogP contribution in [0.3, 0.4) is 0 Å². The first-order chi connectivity index (χ1) is 11.7. The van der Waals surface area contributed by atoms with Gasteiger partial charge in [0.2, 0.25) is 5.91 Å². The van der Waals surface area contributed by atoms with E-state index in [9.17, 15) is 9.59 Å². The predicted octanol–water partition coefficient (Wildman–Crippen LogP) is 2.33. The molecule has 1 heterocycles. The van der Waals surface area contributed by atoms with Crippen molar-refractivity contribution in [3.63, 3.8) is 0 Å². The fourth-order valence-corrected chi connectivity index (χ4v) is 3.88. The standard InChI is InChI=1S/C19H25N3O2/c23-18(15-6-7-15)21-10-3-11-22(13-12-21)19(24)20-17-9-8-14-4-1-2-5-16(14)17/h1-2,4-5,15,17H,3,6-13H2,(H,20,24)/t17-/m1/s1. The van der Waals surface area contributed by atoms with Crippen LogP contribution in [0, 0.1) is 5.92 Å². The number of nitrogens with zero attached hydrogens (tertiary/aromatic N) is 2. The summed E-state index contributed by atoms with van der Waals surface area (Å²) in [7, 11) is 0. The van der Waals surface area contributed by atoms with Crippen LogP contribution in [0.15, 0.2) is 24.3 Å². The first kappa shape index (κ1) is 15.5. The molecular weight excluding hydrogens is 302 g/mol. The second-order valence-corrected chi connectivity index (χ2v) is 7.18. The number of aryl methyl sites for hydroxylation is 1. The van der Waals surface area contributed by atoms with Gasteiger partial charge in [0.1, 0.15) is 0 Å². The zero-order chi connectivity index (χ0) is 16.5. The number of urea groups is 1. The van der Waals surface area contributed by atoms with E-state index < -0.39 is 0 Å². The van der Waals surface area contributed by atoms with Crippen LogP contribution in [0.5, 0.6) is 0 Å². The van der Waals surface area contributed by atoms with E-state index in [4.69, 9.17) is 0 Å². The van der Waals surface area contributed by atoms with Crippen LogP contribution < -0.4 is 5.32 Å². The van der Waals surface area contributed by atoms with Crippen LogP contribution in [0.2, 0.25) is 0 Å². The van der Waals surface area contributed by atoms with Gasteiger partial charge in [-0.05, 0) is 43.2 Å². The van der Waals surface area contributed by atoms with E-state index in [2.05, 4.69) is 23.5 Å². The van der Waals surface area contributed by atoms with E-state index in [0.717, 1.165) is 45.2 Å². The number of amides is 3. The topological polar surface area (TPSA) is 52.7 Å². The van der Waals surface area contributed by atoms with E-state index >= 15 is 0 Å². The van der Waals surface area contributed by atoms with Gasteiger partial charge in [-0.25, -0.2) is 4.79 Å². The van der Waals surface area contributed by atoms with Gasteiger partial charge in [-0.15, -0.1) is 0 Å². The third-order valence-corrected chi connectivity index (χ3v) is 5.45. The van der Waals surface area contributed by atoms with Gasteiger partial charge in [0, 0.05) is 32.1 Å². The maximum atomic E-state index is 12.7. The van der Waals surface area contributed by atoms with E-state index in [0.29, 0.717) is 19.0 Å². The lowest BCUT2D eigenvalue weighted by Gasteiger charge is -2.24. The van der Waals surface area contributed by atoms with Crippen molar-refractivity contribution in [1.29, 1.82) is 0 Å². The molecule has 1 aromatic rings. The van der Waals surface area contributed by atoms with E-state index in [1.165, 1.54) is 11.1 Å². The number of carbonyl (C=O) groups is 2. The highest BCUT2D eigenvalue weighted by Crippen LogP contribution is 2.32. The molecule has 3 aliphatic rings. The number of rotatable bonds is 2. The number of carbonyl (C=O) groups excluding carboxylic acids is 2.